The first kappa shape index (κ1) is 18.5. The van der Waals surface area contributed by atoms with Crippen LogP contribution in [0.25, 0.3) is 0 Å². The van der Waals surface area contributed by atoms with Crippen LogP contribution in [0.5, 0.6) is 0 Å². The molecule has 0 aliphatic carbocycles. The topological polar surface area (TPSA) is 0 Å². The molecule has 1 aromatic rings. The van der Waals surface area contributed by atoms with Crippen molar-refractivity contribution in [2.45, 2.75) is 6.49 Å². The van der Waals surface area contributed by atoms with E-state index in [1.54, 1.807) is 0 Å². The van der Waals surface area contributed by atoms with Gasteiger partial charge in [0.15, 0.2) is 6.49 Å². The van der Waals surface area contributed by atoms with Crippen molar-refractivity contribution in [2.75, 3.05) is 0 Å². The third-order valence-corrected chi connectivity index (χ3v) is 5.08. The van der Waals surface area contributed by atoms with E-state index in [1.807, 2.05) is 0 Å². The van der Waals surface area contributed by atoms with E-state index in [1.165, 1.54) is 0 Å². The van der Waals surface area contributed by atoms with Gasteiger partial charge in [-0.1, -0.05) is 92.8 Å². The summed E-state index contributed by atoms with van der Waals surface area (Å²) in [5, 5.41) is -0.0257. The van der Waals surface area contributed by atoms with Gasteiger partial charge in [-0.2, -0.15) is 0 Å². The summed E-state index contributed by atoms with van der Waals surface area (Å²) in [6.07, 6.45) is 0. The van der Waals surface area contributed by atoms with E-state index in [0.717, 1.165) is 0 Å². The van der Waals surface area contributed by atoms with Gasteiger partial charge in [-0.15, -0.1) is 0 Å². The van der Waals surface area contributed by atoms with Crippen molar-refractivity contribution >= 4 is 125 Å². The molecule has 0 unspecified atom stereocenters. The normalized spacial score (nSPS) is 13.0. The molecule has 0 saturated carbocycles. The predicted octanol–water partition coefficient (Wildman–Crippen LogP) is 8.27. The molecule has 102 valence electrons. The molecule has 1 rings (SSSR count). The molecule has 0 atom stereocenters. The molecule has 0 nitrogen and oxygen atoms in total. The molecule has 0 saturated heterocycles. The second-order valence-corrected chi connectivity index (χ2v) is 11.4. The zero-order chi connectivity index (χ0) is 14.5. The van der Waals surface area contributed by atoms with Crippen molar-refractivity contribution in [1.29, 1.82) is 0 Å². The summed E-state index contributed by atoms with van der Waals surface area (Å²) < 4.78 is -3.11. The van der Waals surface area contributed by atoms with Gasteiger partial charge in [0.2, 0.25) is 0 Å². The minimum absolute atomic E-state index is 0.00642. The largest absolute Gasteiger partial charge is 0.200 e. The lowest BCUT2D eigenvalue weighted by Crippen LogP contribution is -2.09. The van der Waals surface area contributed by atoms with Gasteiger partial charge in [-0.3, -0.25) is 0 Å². The van der Waals surface area contributed by atoms with E-state index in [2.05, 4.69) is 31.9 Å². The summed E-state index contributed by atoms with van der Waals surface area (Å²) >= 11 is 53.8. The minimum atomic E-state index is -1.55. The fourth-order valence-electron chi connectivity index (χ4n) is 1.13. The summed E-state index contributed by atoms with van der Waals surface area (Å²) in [5.41, 5.74) is 0.219. The van der Waals surface area contributed by atoms with Gasteiger partial charge in [0, 0.05) is 11.1 Å². The number of hydrogen-bond acceptors (Lipinski definition) is 0. The molecule has 0 N–H and O–H groups in total. The van der Waals surface area contributed by atoms with Crippen LogP contribution >= 0.6 is 125 Å². The van der Waals surface area contributed by atoms with Crippen molar-refractivity contribution in [2.24, 2.45) is 0 Å². The van der Waals surface area contributed by atoms with Crippen molar-refractivity contribution in [3.05, 3.63) is 31.2 Å². The second kappa shape index (κ2) is 6.32. The second-order valence-electron chi connectivity index (χ2n) is 3.00. The highest BCUT2D eigenvalue weighted by molar-refractivity contribution is 9.10. The maximum Gasteiger partial charge on any atom is 0.200 e. The van der Waals surface area contributed by atoms with Crippen LogP contribution in [0.4, 0.5) is 0 Å². The molecule has 18 heavy (non-hydrogen) atoms. The lowest BCUT2D eigenvalue weighted by atomic mass is 10.1. The standard InChI is InChI=1S/C8Br2Cl8/c9-7(15,16)1-3(11)5(13)2(8(10,17)18)6(14)4(1)12. The fraction of sp³-hybridized carbons (Fsp3) is 0.250. The fourth-order valence-corrected chi connectivity index (χ4v) is 4.94. The van der Waals surface area contributed by atoms with Crippen molar-refractivity contribution in [3.8, 4) is 0 Å². The van der Waals surface area contributed by atoms with Crippen molar-refractivity contribution in [3.63, 3.8) is 0 Å². The summed E-state index contributed by atoms with van der Waals surface area (Å²) in [4.78, 5) is 0. The molecule has 0 radical (unpaired) electrons. The Hall–Kier alpha value is 2.50. The molecule has 0 fully saturated rings. The maximum absolute atomic E-state index is 6.05. The van der Waals surface area contributed by atoms with E-state index in [4.69, 9.17) is 92.8 Å². The molecule has 0 bridgehead atoms. The van der Waals surface area contributed by atoms with Crippen LogP contribution in [-0.2, 0) is 6.49 Å². The molecule has 0 aromatic heterocycles. The Balaban J connectivity index is 3.79. The molecule has 0 heterocycles. The van der Waals surface area contributed by atoms with Gasteiger partial charge in [-0.05, 0) is 31.9 Å². The Bertz CT molecular complexity index is 413. The van der Waals surface area contributed by atoms with Crippen LogP contribution < -0.4 is 0 Å². The number of alkyl halides is 6. The summed E-state index contributed by atoms with van der Waals surface area (Å²) in [6, 6.07) is 0. The Labute approximate surface area is 160 Å². The maximum atomic E-state index is 6.05. The molecule has 0 amide bonds. The highest BCUT2D eigenvalue weighted by Gasteiger charge is 2.37. The van der Waals surface area contributed by atoms with Gasteiger partial charge < -0.3 is 0 Å². The van der Waals surface area contributed by atoms with Crippen molar-refractivity contribution < 1.29 is 0 Å². The average molecular weight is 540 g/mol. The monoisotopic (exact) mass is 534 g/mol. The summed E-state index contributed by atoms with van der Waals surface area (Å²) in [5.74, 6) is 0. The Morgan fingerprint density at radius 3 is 0.833 bits per heavy atom. The average Bonchev–Trinajstić information content (AvgIpc) is 2.10. The zero-order valence-electron chi connectivity index (χ0n) is 7.78. The van der Waals surface area contributed by atoms with Gasteiger partial charge in [0.05, 0.1) is 20.1 Å². The van der Waals surface area contributed by atoms with Gasteiger partial charge in [-0.25, -0.2) is 0 Å². The number of hydrogen-bond donors (Lipinski definition) is 0. The van der Waals surface area contributed by atoms with Crippen LogP contribution in [0.1, 0.15) is 11.1 Å². The minimum Gasteiger partial charge on any atom is -0.0832 e. The Kier molecular flexibility index (Phi) is 6.51. The molecule has 10 heteroatoms. The van der Waals surface area contributed by atoms with Gasteiger partial charge in [0.25, 0.3) is 0 Å². The lowest BCUT2D eigenvalue weighted by molar-refractivity contribution is 1.23. The molecule has 0 aliphatic rings. The highest BCUT2D eigenvalue weighted by Crippen LogP contribution is 2.56. The van der Waals surface area contributed by atoms with E-state index in [9.17, 15) is 0 Å². The quantitative estimate of drug-likeness (QED) is 0.262. The zero-order valence-corrected chi connectivity index (χ0v) is 17.0. The van der Waals surface area contributed by atoms with E-state index in [0.29, 0.717) is 0 Å². The first-order valence-corrected chi connectivity index (χ1v) is 8.50. The first-order chi connectivity index (χ1) is 7.89. The van der Waals surface area contributed by atoms with Gasteiger partial charge >= 0.3 is 0 Å². The van der Waals surface area contributed by atoms with Gasteiger partial charge in [0.1, 0.15) is 0 Å². The van der Waals surface area contributed by atoms with Crippen LogP contribution in [0.2, 0.25) is 20.1 Å². The number of halogens is 10. The molecular weight excluding hydrogens is 540 g/mol. The van der Waals surface area contributed by atoms with Crippen molar-refractivity contribution in [1.82, 2.24) is 0 Å². The Morgan fingerprint density at radius 2 is 0.722 bits per heavy atom. The van der Waals surface area contributed by atoms with Crippen LogP contribution in [0, 0.1) is 0 Å². The first-order valence-electron chi connectivity index (χ1n) is 3.89. The van der Waals surface area contributed by atoms with Crippen LogP contribution in [0.15, 0.2) is 0 Å². The lowest BCUT2D eigenvalue weighted by Gasteiger charge is -2.23. The predicted molar refractivity (Wildman–Crippen MR) is 91.1 cm³/mol. The third kappa shape index (κ3) is 3.82. The van der Waals surface area contributed by atoms with E-state index >= 15 is 0 Å². The van der Waals surface area contributed by atoms with E-state index < -0.39 is 6.49 Å². The van der Waals surface area contributed by atoms with E-state index in [-0.39, 0.29) is 31.2 Å². The molecular formula is C8Br2Cl8. The van der Waals surface area contributed by atoms with Crippen LogP contribution in [0.3, 0.4) is 0 Å². The smallest absolute Gasteiger partial charge is 0.0832 e. The SMILES string of the molecule is Clc1c(Cl)c(C(Cl)(Cl)Br)c(Cl)c(Cl)c1C(Cl)(Cl)Br. The molecule has 0 aliphatic heterocycles. The Morgan fingerprint density at radius 1 is 0.556 bits per heavy atom. The highest BCUT2D eigenvalue weighted by atomic mass is 79.9. The summed E-state index contributed by atoms with van der Waals surface area (Å²) in [6.45, 7) is 0. The molecule has 1 aromatic carbocycles. The number of rotatable bonds is 2. The molecule has 0 spiro atoms. The van der Waals surface area contributed by atoms with Crippen LogP contribution in [-0.4, -0.2) is 0 Å². The summed E-state index contributed by atoms with van der Waals surface area (Å²) in [7, 11) is 0. The number of benzene rings is 1. The third-order valence-electron chi connectivity index (χ3n) is 1.83.